The Kier molecular flexibility index (Phi) is 13.4. The van der Waals surface area contributed by atoms with Crippen molar-refractivity contribution < 1.29 is 4.79 Å². The van der Waals surface area contributed by atoms with E-state index in [1.807, 2.05) is 41.5 Å². The summed E-state index contributed by atoms with van der Waals surface area (Å²) < 4.78 is 0. The Morgan fingerprint density at radius 3 is 2.35 bits per heavy atom. The van der Waals surface area contributed by atoms with Gasteiger partial charge in [0.2, 0.25) is 0 Å². The summed E-state index contributed by atoms with van der Waals surface area (Å²) in [5.41, 5.74) is 1.55. The number of rotatable bonds is 3. The molecule has 3 nitrogen and oxygen atoms in total. The van der Waals surface area contributed by atoms with Crippen LogP contribution in [0.2, 0.25) is 0 Å². The second-order valence-electron chi connectivity index (χ2n) is 2.94. The van der Waals surface area contributed by atoms with Crippen LogP contribution in [-0.4, -0.2) is 17.4 Å². The number of aryl methyl sites for hydroxylation is 1. The maximum Gasteiger partial charge on any atom is 0.251 e. The topological polar surface area (TPSA) is 42.0 Å². The summed E-state index contributed by atoms with van der Waals surface area (Å²) in [6, 6.07) is 3.50. The van der Waals surface area contributed by atoms with Gasteiger partial charge in [-0.15, -0.1) is 0 Å². The quantitative estimate of drug-likeness (QED) is 0.874. The number of pyridine rings is 1. The lowest BCUT2D eigenvalue weighted by molar-refractivity contribution is 0.0953. The summed E-state index contributed by atoms with van der Waals surface area (Å²) in [5.74, 6) is -0.0210. The van der Waals surface area contributed by atoms with E-state index in [0.717, 1.165) is 18.7 Å². The molecule has 0 saturated carbocycles. The summed E-state index contributed by atoms with van der Waals surface area (Å²) in [4.78, 5) is 15.4. The lowest BCUT2D eigenvalue weighted by Gasteiger charge is -2.03. The molecule has 0 aliphatic heterocycles. The van der Waals surface area contributed by atoms with Crippen LogP contribution in [0.15, 0.2) is 18.3 Å². The highest BCUT2D eigenvalue weighted by atomic mass is 16.1. The molecule has 1 aromatic rings. The van der Waals surface area contributed by atoms with Crippen LogP contribution >= 0.6 is 0 Å². The van der Waals surface area contributed by atoms with E-state index in [1.54, 1.807) is 18.3 Å². The molecule has 17 heavy (non-hydrogen) atoms. The molecule has 98 valence electrons. The van der Waals surface area contributed by atoms with E-state index >= 15 is 0 Å². The third-order valence-electron chi connectivity index (χ3n) is 1.69. The van der Waals surface area contributed by atoms with Gasteiger partial charge in [-0.25, -0.2) is 0 Å². The average Bonchev–Trinajstić information content (AvgIpc) is 2.40. The number of hydrogen-bond donors (Lipinski definition) is 1. The molecular formula is C14H26N2O. The molecule has 0 atom stereocenters. The van der Waals surface area contributed by atoms with Crippen LogP contribution in [0.25, 0.3) is 0 Å². The van der Waals surface area contributed by atoms with Crippen LogP contribution in [0, 0.1) is 6.92 Å². The third kappa shape index (κ3) is 8.43. The zero-order valence-electron chi connectivity index (χ0n) is 12.0. The summed E-state index contributed by atoms with van der Waals surface area (Å²) >= 11 is 0. The second-order valence-corrected chi connectivity index (χ2v) is 2.94. The standard InChI is InChI=1S/C10H14N2O.2C2H6/c1-3-5-12-10(13)9-4-6-11-8(2)7-9;2*1-2/h4,6-7H,3,5H2,1-2H3,(H,12,13);2*1-2H3. The van der Waals surface area contributed by atoms with Gasteiger partial charge in [-0.1, -0.05) is 34.6 Å². The smallest absolute Gasteiger partial charge is 0.251 e. The number of carbonyl (C=O) groups is 1. The maximum absolute atomic E-state index is 11.4. The Morgan fingerprint density at radius 2 is 1.88 bits per heavy atom. The Hall–Kier alpha value is -1.38. The first kappa shape index (κ1) is 18.0. The fourth-order valence-corrected chi connectivity index (χ4v) is 1.03. The van der Waals surface area contributed by atoms with E-state index < -0.39 is 0 Å². The number of carbonyl (C=O) groups excluding carboxylic acids is 1. The minimum absolute atomic E-state index is 0.0210. The molecule has 0 saturated heterocycles. The van der Waals surface area contributed by atoms with Crippen molar-refractivity contribution in [3.8, 4) is 0 Å². The van der Waals surface area contributed by atoms with E-state index in [2.05, 4.69) is 10.3 Å². The van der Waals surface area contributed by atoms with Crippen molar-refractivity contribution >= 4 is 5.91 Å². The molecule has 0 aliphatic rings. The summed E-state index contributed by atoms with van der Waals surface area (Å²) in [6.07, 6.45) is 2.60. The number of amides is 1. The van der Waals surface area contributed by atoms with E-state index in [-0.39, 0.29) is 5.91 Å². The normalized spacial score (nSPS) is 8.12. The number of nitrogens with one attached hydrogen (secondary N) is 1. The SMILES string of the molecule is CC.CC.CCCNC(=O)c1ccnc(C)c1. The molecule has 0 radical (unpaired) electrons. The predicted octanol–water partition coefficient (Wildman–Crippen LogP) is 3.58. The molecule has 0 bridgehead atoms. The van der Waals surface area contributed by atoms with Gasteiger partial charge < -0.3 is 5.32 Å². The van der Waals surface area contributed by atoms with Crippen molar-refractivity contribution in [2.24, 2.45) is 0 Å². The molecule has 1 aromatic heterocycles. The van der Waals surface area contributed by atoms with Gasteiger partial charge in [0.25, 0.3) is 5.91 Å². The van der Waals surface area contributed by atoms with Crippen LogP contribution in [0.5, 0.6) is 0 Å². The molecule has 1 heterocycles. The summed E-state index contributed by atoms with van der Waals surface area (Å²) in [5, 5.41) is 2.81. The number of hydrogen-bond acceptors (Lipinski definition) is 2. The highest BCUT2D eigenvalue weighted by Gasteiger charge is 2.03. The predicted molar refractivity (Wildman–Crippen MR) is 74.3 cm³/mol. The van der Waals surface area contributed by atoms with E-state index in [0.29, 0.717) is 5.56 Å². The molecule has 0 fully saturated rings. The zero-order valence-corrected chi connectivity index (χ0v) is 12.0. The maximum atomic E-state index is 11.4. The van der Waals surface area contributed by atoms with Gasteiger partial charge in [-0.05, 0) is 25.5 Å². The van der Waals surface area contributed by atoms with Gasteiger partial charge in [0.15, 0.2) is 0 Å². The summed E-state index contributed by atoms with van der Waals surface area (Å²) in [7, 11) is 0. The average molecular weight is 238 g/mol. The van der Waals surface area contributed by atoms with Crippen molar-refractivity contribution in [2.75, 3.05) is 6.54 Å². The minimum Gasteiger partial charge on any atom is -0.352 e. The highest BCUT2D eigenvalue weighted by molar-refractivity contribution is 5.94. The van der Waals surface area contributed by atoms with Crippen LogP contribution in [0.1, 0.15) is 57.1 Å². The van der Waals surface area contributed by atoms with Crippen LogP contribution < -0.4 is 5.32 Å². The Balaban J connectivity index is 0. The Labute approximate surface area is 106 Å². The van der Waals surface area contributed by atoms with Crippen molar-refractivity contribution in [1.29, 1.82) is 0 Å². The Bertz CT molecular complexity index is 298. The fourth-order valence-electron chi connectivity index (χ4n) is 1.03. The largest absolute Gasteiger partial charge is 0.352 e. The third-order valence-corrected chi connectivity index (χ3v) is 1.69. The van der Waals surface area contributed by atoms with Gasteiger partial charge in [0, 0.05) is 24.0 Å². The fraction of sp³-hybridized carbons (Fsp3) is 0.571. The molecule has 0 aromatic carbocycles. The van der Waals surface area contributed by atoms with Gasteiger partial charge in [0.05, 0.1) is 0 Å². The zero-order chi connectivity index (χ0) is 13.7. The minimum atomic E-state index is -0.0210. The van der Waals surface area contributed by atoms with E-state index in [4.69, 9.17) is 0 Å². The van der Waals surface area contributed by atoms with Gasteiger partial charge >= 0.3 is 0 Å². The molecule has 0 aliphatic carbocycles. The van der Waals surface area contributed by atoms with E-state index in [1.165, 1.54) is 0 Å². The molecule has 1 N–H and O–H groups in total. The molecule has 3 heteroatoms. The van der Waals surface area contributed by atoms with Crippen LogP contribution in [0.4, 0.5) is 0 Å². The van der Waals surface area contributed by atoms with Crippen molar-refractivity contribution in [3.63, 3.8) is 0 Å². The molecule has 0 unspecified atom stereocenters. The second kappa shape index (κ2) is 12.7. The summed E-state index contributed by atoms with van der Waals surface area (Å²) in [6.45, 7) is 12.6. The lowest BCUT2D eigenvalue weighted by atomic mass is 10.2. The Morgan fingerprint density at radius 1 is 1.29 bits per heavy atom. The van der Waals surface area contributed by atoms with Crippen molar-refractivity contribution in [2.45, 2.75) is 48.0 Å². The van der Waals surface area contributed by atoms with Gasteiger partial charge in [-0.2, -0.15) is 0 Å². The first-order chi connectivity index (χ1) is 8.24. The first-order valence-corrected chi connectivity index (χ1v) is 6.45. The lowest BCUT2D eigenvalue weighted by Crippen LogP contribution is -2.23. The van der Waals surface area contributed by atoms with Crippen molar-refractivity contribution in [3.05, 3.63) is 29.6 Å². The monoisotopic (exact) mass is 238 g/mol. The number of nitrogens with zero attached hydrogens (tertiary/aromatic N) is 1. The first-order valence-electron chi connectivity index (χ1n) is 6.45. The molecular weight excluding hydrogens is 212 g/mol. The molecule has 1 rings (SSSR count). The van der Waals surface area contributed by atoms with Gasteiger partial charge in [0.1, 0.15) is 0 Å². The molecule has 0 spiro atoms. The van der Waals surface area contributed by atoms with Crippen LogP contribution in [0.3, 0.4) is 0 Å². The van der Waals surface area contributed by atoms with Crippen molar-refractivity contribution in [1.82, 2.24) is 10.3 Å². The van der Waals surface area contributed by atoms with Crippen LogP contribution in [-0.2, 0) is 0 Å². The molecule has 1 amide bonds. The number of aromatic nitrogens is 1. The highest BCUT2D eigenvalue weighted by Crippen LogP contribution is 1.99. The van der Waals surface area contributed by atoms with E-state index in [9.17, 15) is 4.79 Å². The van der Waals surface area contributed by atoms with Gasteiger partial charge in [-0.3, -0.25) is 9.78 Å².